The van der Waals surface area contributed by atoms with Crippen LogP contribution in [0.25, 0.3) is 0 Å². The Morgan fingerprint density at radius 1 is 1.25 bits per heavy atom. The van der Waals surface area contributed by atoms with Crippen molar-refractivity contribution in [1.82, 2.24) is 4.98 Å². The quantitative estimate of drug-likeness (QED) is 0.772. The lowest BCUT2D eigenvalue weighted by atomic mass is 10.2. The van der Waals surface area contributed by atoms with E-state index in [0.717, 1.165) is 5.69 Å². The number of nitrogens with zero attached hydrogens (tertiary/aromatic N) is 1. The number of anilines is 2. The van der Waals surface area contributed by atoms with Crippen molar-refractivity contribution in [1.29, 1.82) is 0 Å². The SMILES string of the molecule is CNc1ccc(Oc2cccnc2)cc1N. The van der Waals surface area contributed by atoms with Crippen molar-refractivity contribution < 1.29 is 4.74 Å². The lowest BCUT2D eigenvalue weighted by molar-refractivity contribution is 0.480. The summed E-state index contributed by atoms with van der Waals surface area (Å²) < 4.78 is 5.59. The highest BCUT2D eigenvalue weighted by Crippen LogP contribution is 2.27. The van der Waals surface area contributed by atoms with E-state index in [4.69, 9.17) is 10.5 Å². The number of benzene rings is 1. The molecular formula is C12H13N3O. The van der Waals surface area contributed by atoms with Crippen LogP contribution in [0.5, 0.6) is 11.5 Å². The third-order valence-corrected chi connectivity index (χ3v) is 2.16. The summed E-state index contributed by atoms with van der Waals surface area (Å²) >= 11 is 0. The van der Waals surface area contributed by atoms with Gasteiger partial charge in [-0.05, 0) is 24.3 Å². The maximum absolute atomic E-state index is 5.83. The van der Waals surface area contributed by atoms with Gasteiger partial charge in [-0.2, -0.15) is 0 Å². The molecule has 0 unspecified atom stereocenters. The van der Waals surface area contributed by atoms with Gasteiger partial charge >= 0.3 is 0 Å². The minimum Gasteiger partial charge on any atom is -0.456 e. The molecule has 0 bridgehead atoms. The summed E-state index contributed by atoms with van der Waals surface area (Å²) in [4.78, 5) is 3.97. The number of hydrogen-bond acceptors (Lipinski definition) is 4. The van der Waals surface area contributed by atoms with Crippen LogP contribution in [0, 0.1) is 0 Å². The van der Waals surface area contributed by atoms with E-state index in [1.54, 1.807) is 18.5 Å². The number of ether oxygens (including phenoxy) is 1. The largest absolute Gasteiger partial charge is 0.456 e. The van der Waals surface area contributed by atoms with Crippen molar-refractivity contribution in [3.05, 3.63) is 42.7 Å². The molecule has 3 N–H and O–H groups in total. The Bertz CT molecular complexity index is 471. The molecule has 0 saturated carbocycles. The fourth-order valence-electron chi connectivity index (χ4n) is 1.38. The smallest absolute Gasteiger partial charge is 0.145 e. The standard InChI is InChI=1S/C12H13N3O/c1-14-12-5-4-9(7-11(12)13)16-10-3-2-6-15-8-10/h2-8,14H,13H2,1H3. The van der Waals surface area contributed by atoms with Gasteiger partial charge in [-0.1, -0.05) is 0 Å². The number of hydrogen-bond donors (Lipinski definition) is 2. The summed E-state index contributed by atoms with van der Waals surface area (Å²) in [5.41, 5.74) is 7.37. The van der Waals surface area contributed by atoms with Gasteiger partial charge in [0, 0.05) is 19.3 Å². The zero-order valence-electron chi connectivity index (χ0n) is 8.97. The molecule has 2 rings (SSSR count). The topological polar surface area (TPSA) is 60.2 Å². The fraction of sp³-hybridized carbons (Fsp3) is 0.0833. The first kappa shape index (κ1) is 10.3. The summed E-state index contributed by atoms with van der Waals surface area (Å²) in [5.74, 6) is 1.39. The number of nitrogens with one attached hydrogen (secondary N) is 1. The first-order valence-electron chi connectivity index (χ1n) is 4.95. The van der Waals surface area contributed by atoms with E-state index >= 15 is 0 Å². The van der Waals surface area contributed by atoms with E-state index < -0.39 is 0 Å². The third kappa shape index (κ3) is 2.23. The first-order chi connectivity index (χ1) is 7.79. The lowest BCUT2D eigenvalue weighted by Gasteiger charge is -2.08. The molecule has 4 nitrogen and oxygen atoms in total. The molecule has 0 aliphatic carbocycles. The van der Waals surface area contributed by atoms with E-state index in [2.05, 4.69) is 10.3 Å². The van der Waals surface area contributed by atoms with Crippen molar-refractivity contribution in [3.63, 3.8) is 0 Å². The highest BCUT2D eigenvalue weighted by Gasteiger charge is 2.01. The van der Waals surface area contributed by atoms with Gasteiger partial charge in [0.2, 0.25) is 0 Å². The van der Waals surface area contributed by atoms with Crippen molar-refractivity contribution in [2.24, 2.45) is 0 Å². The van der Waals surface area contributed by atoms with Crippen LogP contribution in [0.15, 0.2) is 42.7 Å². The zero-order valence-corrected chi connectivity index (χ0v) is 8.97. The maximum atomic E-state index is 5.83. The second-order valence-corrected chi connectivity index (χ2v) is 3.29. The highest BCUT2D eigenvalue weighted by molar-refractivity contribution is 5.67. The highest BCUT2D eigenvalue weighted by atomic mass is 16.5. The summed E-state index contributed by atoms with van der Waals surface area (Å²) in [6, 6.07) is 9.17. The Morgan fingerprint density at radius 3 is 2.75 bits per heavy atom. The average molecular weight is 215 g/mol. The van der Waals surface area contributed by atoms with Crippen molar-refractivity contribution in [2.45, 2.75) is 0 Å². The summed E-state index contributed by atoms with van der Waals surface area (Å²) in [7, 11) is 1.83. The molecule has 1 heterocycles. The molecule has 0 saturated heterocycles. The Kier molecular flexibility index (Phi) is 2.91. The van der Waals surface area contributed by atoms with E-state index in [9.17, 15) is 0 Å². The van der Waals surface area contributed by atoms with Gasteiger partial charge in [0.1, 0.15) is 11.5 Å². The number of nitrogens with two attached hydrogens (primary N) is 1. The second kappa shape index (κ2) is 4.53. The van der Waals surface area contributed by atoms with E-state index in [0.29, 0.717) is 17.2 Å². The molecule has 82 valence electrons. The predicted molar refractivity (Wildman–Crippen MR) is 64.7 cm³/mol. The second-order valence-electron chi connectivity index (χ2n) is 3.29. The monoisotopic (exact) mass is 215 g/mol. The van der Waals surface area contributed by atoms with Gasteiger partial charge in [0.15, 0.2) is 0 Å². The van der Waals surface area contributed by atoms with Gasteiger partial charge in [-0.3, -0.25) is 4.98 Å². The fourth-order valence-corrected chi connectivity index (χ4v) is 1.38. The minimum atomic E-state index is 0.656. The predicted octanol–water partition coefficient (Wildman–Crippen LogP) is 2.50. The number of aromatic nitrogens is 1. The summed E-state index contributed by atoms with van der Waals surface area (Å²) in [6.45, 7) is 0. The molecule has 1 aromatic heterocycles. The molecule has 2 aromatic rings. The Balaban J connectivity index is 2.20. The van der Waals surface area contributed by atoms with Crippen LogP contribution >= 0.6 is 0 Å². The molecule has 0 spiro atoms. The molecule has 0 radical (unpaired) electrons. The van der Waals surface area contributed by atoms with Crippen molar-refractivity contribution in [3.8, 4) is 11.5 Å². The molecule has 0 amide bonds. The molecule has 4 heteroatoms. The third-order valence-electron chi connectivity index (χ3n) is 2.16. The Morgan fingerprint density at radius 2 is 2.12 bits per heavy atom. The van der Waals surface area contributed by atoms with Crippen molar-refractivity contribution in [2.75, 3.05) is 18.1 Å². The Hall–Kier alpha value is -2.23. The van der Waals surface area contributed by atoms with Crippen LogP contribution in [-0.2, 0) is 0 Å². The van der Waals surface area contributed by atoms with Crippen LogP contribution in [0.3, 0.4) is 0 Å². The van der Waals surface area contributed by atoms with Crippen LogP contribution in [0.2, 0.25) is 0 Å². The van der Waals surface area contributed by atoms with Gasteiger partial charge in [0.25, 0.3) is 0 Å². The summed E-state index contributed by atoms with van der Waals surface area (Å²) in [5, 5.41) is 2.99. The zero-order chi connectivity index (χ0) is 11.4. The Labute approximate surface area is 94.1 Å². The van der Waals surface area contributed by atoms with Crippen LogP contribution in [-0.4, -0.2) is 12.0 Å². The van der Waals surface area contributed by atoms with Crippen LogP contribution in [0.1, 0.15) is 0 Å². The molecule has 0 aliphatic heterocycles. The summed E-state index contributed by atoms with van der Waals surface area (Å²) in [6.07, 6.45) is 3.35. The molecule has 0 fully saturated rings. The van der Waals surface area contributed by atoms with Crippen molar-refractivity contribution >= 4 is 11.4 Å². The minimum absolute atomic E-state index is 0.656. The van der Waals surface area contributed by atoms with Crippen LogP contribution in [0.4, 0.5) is 11.4 Å². The van der Waals surface area contributed by atoms with E-state index in [-0.39, 0.29) is 0 Å². The molecular weight excluding hydrogens is 202 g/mol. The van der Waals surface area contributed by atoms with Gasteiger partial charge in [0.05, 0.1) is 17.6 Å². The molecule has 1 aromatic carbocycles. The van der Waals surface area contributed by atoms with Crippen LogP contribution < -0.4 is 15.8 Å². The number of rotatable bonds is 3. The number of pyridine rings is 1. The lowest BCUT2D eigenvalue weighted by Crippen LogP contribution is -1.95. The van der Waals surface area contributed by atoms with E-state index in [1.165, 1.54) is 0 Å². The van der Waals surface area contributed by atoms with Gasteiger partial charge in [-0.25, -0.2) is 0 Å². The normalized spacial score (nSPS) is 9.81. The van der Waals surface area contributed by atoms with Gasteiger partial charge in [-0.15, -0.1) is 0 Å². The first-order valence-corrected chi connectivity index (χ1v) is 4.95. The molecule has 0 aliphatic rings. The molecule has 0 atom stereocenters. The number of nitrogen functional groups attached to an aromatic ring is 1. The maximum Gasteiger partial charge on any atom is 0.145 e. The molecule has 16 heavy (non-hydrogen) atoms. The van der Waals surface area contributed by atoms with Gasteiger partial charge < -0.3 is 15.8 Å². The van der Waals surface area contributed by atoms with E-state index in [1.807, 2.05) is 31.3 Å². The average Bonchev–Trinajstić information content (AvgIpc) is 2.31.